The molecule has 3 unspecified atom stereocenters. The Morgan fingerprint density at radius 1 is 1.58 bits per heavy atom. The van der Waals surface area contributed by atoms with E-state index in [1.54, 1.807) is 0 Å². The van der Waals surface area contributed by atoms with E-state index in [2.05, 4.69) is 37.1 Å². The molecule has 0 saturated heterocycles. The van der Waals surface area contributed by atoms with Crippen LogP contribution in [0.1, 0.15) is 38.3 Å². The summed E-state index contributed by atoms with van der Waals surface area (Å²) in [5.41, 5.74) is 7.84. The molecule has 0 aliphatic heterocycles. The van der Waals surface area contributed by atoms with Crippen molar-refractivity contribution in [1.29, 1.82) is 0 Å². The molecule has 108 valence electrons. The lowest BCUT2D eigenvalue weighted by atomic mass is 9.70. The average Bonchev–Trinajstić information content (AvgIpc) is 2.74. The molecule has 1 heterocycles. The normalized spacial score (nSPS) is 29.7. The van der Waals surface area contributed by atoms with Crippen molar-refractivity contribution in [3.8, 4) is 0 Å². The van der Waals surface area contributed by atoms with Gasteiger partial charge in [-0.1, -0.05) is 19.8 Å². The maximum Gasteiger partial charge on any atom is 0.0640 e. The van der Waals surface area contributed by atoms with Crippen molar-refractivity contribution in [3.05, 3.63) is 18.0 Å². The summed E-state index contributed by atoms with van der Waals surface area (Å²) in [6.07, 6.45) is 7.90. The standard InChI is InChI=1S/C15H28N4/c1-12-6-5-8-15(11-12,18(2)3)14(16)10-13-7-9-19(4)17-13/h7,9,12,14H,5-6,8,10-11,16H2,1-4H3. The molecule has 4 heteroatoms. The SMILES string of the molecule is CC1CCCC(C(N)Cc2ccn(C)n2)(N(C)C)C1. The topological polar surface area (TPSA) is 47.1 Å². The number of aromatic nitrogens is 2. The third-order valence-electron chi connectivity index (χ3n) is 4.79. The molecular weight excluding hydrogens is 236 g/mol. The number of hydrogen-bond donors (Lipinski definition) is 1. The van der Waals surface area contributed by atoms with Crippen LogP contribution in [0.15, 0.2) is 12.3 Å². The van der Waals surface area contributed by atoms with Crippen LogP contribution in [0.2, 0.25) is 0 Å². The van der Waals surface area contributed by atoms with E-state index in [1.165, 1.54) is 25.7 Å². The fraction of sp³-hybridized carbons (Fsp3) is 0.800. The minimum Gasteiger partial charge on any atom is -0.326 e. The number of hydrogen-bond acceptors (Lipinski definition) is 3. The second kappa shape index (κ2) is 5.63. The second-order valence-corrected chi connectivity index (χ2v) is 6.49. The maximum atomic E-state index is 6.60. The van der Waals surface area contributed by atoms with Gasteiger partial charge in [-0.3, -0.25) is 4.68 Å². The quantitative estimate of drug-likeness (QED) is 0.902. The fourth-order valence-electron chi connectivity index (χ4n) is 3.63. The molecular formula is C15H28N4. The van der Waals surface area contributed by atoms with E-state index in [0.717, 1.165) is 18.0 Å². The number of nitrogens with zero attached hydrogens (tertiary/aromatic N) is 3. The van der Waals surface area contributed by atoms with Crippen LogP contribution in [0.5, 0.6) is 0 Å². The molecule has 0 aromatic carbocycles. The van der Waals surface area contributed by atoms with Crippen LogP contribution >= 0.6 is 0 Å². The Morgan fingerprint density at radius 2 is 2.32 bits per heavy atom. The molecule has 19 heavy (non-hydrogen) atoms. The van der Waals surface area contributed by atoms with Gasteiger partial charge in [0.2, 0.25) is 0 Å². The number of rotatable bonds is 4. The molecule has 2 rings (SSSR count). The van der Waals surface area contributed by atoms with E-state index in [4.69, 9.17) is 5.73 Å². The molecule has 0 spiro atoms. The smallest absolute Gasteiger partial charge is 0.0640 e. The first-order valence-corrected chi connectivity index (χ1v) is 7.35. The zero-order valence-electron chi connectivity index (χ0n) is 12.8. The largest absolute Gasteiger partial charge is 0.326 e. The third kappa shape index (κ3) is 3.00. The van der Waals surface area contributed by atoms with Crippen LogP contribution in [0, 0.1) is 5.92 Å². The summed E-state index contributed by atoms with van der Waals surface area (Å²) < 4.78 is 1.86. The van der Waals surface area contributed by atoms with Crippen LogP contribution in [-0.2, 0) is 13.5 Å². The van der Waals surface area contributed by atoms with Gasteiger partial charge in [-0.2, -0.15) is 5.10 Å². The van der Waals surface area contributed by atoms with Crippen LogP contribution < -0.4 is 5.73 Å². The highest BCUT2D eigenvalue weighted by Crippen LogP contribution is 2.38. The highest BCUT2D eigenvalue weighted by Gasteiger charge is 2.42. The van der Waals surface area contributed by atoms with Gasteiger partial charge in [-0.05, 0) is 38.9 Å². The lowest BCUT2D eigenvalue weighted by Gasteiger charge is -2.49. The van der Waals surface area contributed by atoms with E-state index in [1.807, 2.05) is 17.9 Å². The zero-order valence-corrected chi connectivity index (χ0v) is 12.8. The lowest BCUT2D eigenvalue weighted by Crippen LogP contribution is -2.60. The van der Waals surface area contributed by atoms with E-state index in [9.17, 15) is 0 Å². The molecule has 3 atom stereocenters. The van der Waals surface area contributed by atoms with E-state index < -0.39 is 0 Å². The predicted octanol–water partition coefficient (Wildman–Crippen LogP) is 1.80. The molecule has 1 aliphatic rings. The molecule has 1 saturated carbocycles. The summed E-state index contributed by atoms with van der Waals surface area (Å²) >= 11 is 0. The first-order chi connectivity index (χ1) is 8.94. The van der Waals surface area contributed by atoms with E-state index >= 15 is 0 Å². The summed E-state index contributed by atoms with van der Waals surface area (Å²) in [7, 11) is 6.31. The lowest BCUT2D eigenvalue weighted by molar-refractivity contribution is 0.0501. The van der Waals surface area contributed by atoms with E-state index in [-0.39, 0.29) is 11.6 Å². The fourth-order valence-corrected chi connectivity index (χ4v) is 3.63. The monoisotopic (exact) mass is 264 g/mol. The molecule has 0 radical (unpaired) electrons. The summed E-state index contributed by atoms with van der Waals surface area (Å²) in [4.78, 5) is 2.36. The van der Waals surface area contributed by atoms with Gasteiger partial charge in [0.1, 0.15) is 0 Å². The van der Waals surface area contributed by atoms with Crippen LogP contribution in [0.3, 0.4) is 0 Å². The van der Waals surface area contributed by atoms with Crippen molar-refractivity contribution in [3.63, 3.8) is 0 Å². The van der Waals surface area contributed by atoms with Gasteiger partial charge in [-0.25, -0.2) is 0 Å². The Balaban J connectivity index is 2.14. The highest BCUT2D eigenvalue weighted by molar-refractivity contribution is 5.08. The number of aryl methyl sites for hydroxylation is 1. The van der Waals surface area contributed by atoms with Crippen molar-refractivity contribution in [2.45, 2.75) is 50.6 Å². The summed E-state index contributed by atoms with van der Waals surface area (Å²) in [6, 6.07) is 2.23. The van der Waals surface area contributed by atoms with Gasteiger partial charge in [0.15, 0.2) is 0 Å². The summed E-state index contributed by atoms with van der Waals surface area (Å²) in [5.74, 6) is 0.769. The van der Waals surface area contributed by atoms with Gasteiger partial charge in [0.25, 0.3) is 0 Å². The van der Waals surface area contributed by atoms with Crippen LogP contribution in [-0.4, -0.2) is 40.4 Å². The minimum absolute atomic E-state index is 0.134. The van der Waals surface area contributed by atoms with Crippen molar-refractivity contribution < 1.29 is 0 Å². The van der Waals surface area contributed by atoms with Crippen molar-refractivity contribution in [2.75, 3.05) is 14.1 Å². The first kappa shape index (κ1) is 14.5. The molecule has 1 aromatic rings. The van der Waals surface area contributed by atoms with Gasteiger partial charge in [0.05, 0.1) is 5.69 Å². The molecule has 0 amide bonds. The molecule has 1 fully saturated rings. The highest BCUT2D eigenvalue weighted by atomic mass is 15.2. The Morgan fingerprint density at radius 3 is 2.84 bits per heavy atom. The average molecular weight is 264 g/mol. The molecule has 1 aliphatic carbocycles. The molecule has 1 aromatic heterocycles. The Labute approximate surface area is 117 Å². The van der Waals surface area contributed by atoms with Crippen LogP contribution in [0.25, 0.3) is 0 Å². The summed E-state index contributed by atoms with van der Waals surface area (Å²) in [5, 5.41) is 4.47. The molecule has 0 bridgehead atoms. The first-order valence-electron chi connectivity index (χ1n) is 7.35. The number of likely N-dealkylation sites (N-methyl/N-ethyl adjacent to an activating group) is 1. The van der Waals surface area contributed by atoms with Gasteiger partial charge >= 0.3 is 0 Å². The van der Waals surface area contributed by atoms with Gasteiger partial charge < -0.3 is 10.6 Å². The zero-order chi connectivity index (χ0) is 14.0. The maximum absolute atomic E-state index is 6.60. The Bertz CT molecular complexity index is 412. The van der Waals surface area contributed by atoms with Crippen molar-refractivity contribution in [1.82, 2.24) is 14.7 Å². The van der Waals surface area contributed by atoms with Crippen molar-refractivity contribution >= 4 is 0 Å². The van der Waals surface area contributed by atoms with Gasteiger partial charge in [0, 0.05) is 31.2 Å². The second-order valence-electron chi connectivity index (χ2n) is 6.49. The van der Waals surface area contributed by atoms with Crippen LogP contribution in [0.4, 0.5) is 0 Å². The Kier molecular flexibility index (Phi) is 4.31. The predicted molar refractivity (Wildman–Crippen MR) is 78.9 cm³/mol. The molecule has 2 N–H and O–H groups in total. The van der Waals surface area contributed by atoms with Gasteiger partial charge in [-0.15, -0.1) is 0 Å². The number of nitrogens with two attached hydrogens (primary N) is 1. The van der Waals surface area contributed by atoms with E-state index in [0.29, 0.717) is 0 Å². The van der Waals surface area contributed by atoms with Crippen molar-refractivity contribution in [2.24, 2.45) is 18.7 Å². The molecule has 4 nitrogen and oxygen atoms in total. The minimum atomic E-state index is 0.134. The Hall–Kier alpha value is -0.870. The third-order valence-corrected chi connectivity index (χ3v) is 4.79. The summed E-state index contributed by atoms with van der Waals surface area (Å²) in [6.45, 7) is 2.35.